The lowest BCUT2D eigenvalue weighted by Gasteiger charge is -2.48. The molecule has 3 nitrogen and oxygen atoms in total. The Balaban J connectivity index is 2.60. The van der Waals surface area contributed by atoms with Crippen LogP contribution in [-0.2, 0) is 10.0 Å². The predicted octanol–water partition coefficient (Wildman–Crippen LogP) is 0.942. The summed E-state index contributed by atoms with van der Waals surface area (Å²) in [5.74, 6) is 0. The first kappa shape index (κ1) is 10.3. The molecular formula is C7H14ClNO2S. The van der Waals surface area contributed by atoms with Crippen LogP contribution in [0, 0.1) is 5.41 Å². The van der Waals surface area contributed by atoms with Crippen molar-refractivity contribution in [1.29, 1.82) is 0 Å². The van der Waals surface area contributed by atoms with Crippen molar-refractivity contribution in [2.45, 2.75) is 31.7 Å². The van der Waals surface area contributed by atoms with Crippen LogP contribution in [0.1, 0.15) is 20.3 Å². The molecule has 0 aromatic carbocycles. The summed E-state index contributed by atoms with van der Waals surface area (Å²) < 4.78 is 24.3. The molecule has 1 fully saturated rings. The maximum atomic E-state index is 10.9. The van der Waals surface area contributed by atoms with Crippen LogP contribution >= 0.6 is 11.6 Å². The second kappa shape index (κ2) is 2.86. The van der Waals surface area contributed by atoms with Gasteiger partial charge in [-0.25, -0.2) is 13.1 Å². The number of alkyl halides is 1. The number of hydrogen-bond acceptors (Lipinski definition) is 2. The van der Waals surface area contributed by atoms with Crippen LogP contribution < -0.4 is 4.72 Å². The zero-order chi connectivity index (χ0) is 9.57. The van der Waals surface area contributed by atoms with E-state index < -0.39 is 10.0 Å². The molecule has 2 unspecified atom stereocenters. The van der Waals surface area contributed by atoms with Gasteiger partial charge in [0.05, 0.1) is 6.26 Å². The fourth-order valence-electron chi connectivity index (χ4n) is 1.33. The van der Waals surface area contributed by atoms with Gasteiger partial charge in [-0.1, -0.05) is 13.8 Å². The van der Waals surface area contributed by atoms with E-state index in [1.54, 1.807) is 0 Å². The molecule has 0 saturated heterocycles. The summed E-state index contributed by atoms with van der Waals surface area (Å²) in [6, 6.07) is -0.00463. The third-order valence-electron chi connectivity index (χ3n) is 2.50. The first-order valence-electron chi connectivity index (χ1n) is 3.85. The molecule has 0 aromatic rings. The van der Waals surface area contributed by atoms with Crippen molar-refractivity contribution >= 4 is 21.6 Å². The minimum atomic E-state index is -3.09. The van der Waals surface area contributed by atoms with Gasteiger partial charge in [0.25, 0.3) is 0 Å². The monoisotopic (exact) mass is 211 g/mol. The summed E-state index contributed by atoms with van der Waals surface area (Å²) in [5.41, 5.74) is -0.120. The van der Waals surface area contributed by atoms with Crippen molar-refractivity contribution in [3.05, 3.63) is 0 Å². The Hall–Kier alpha value is 0.200. The summed E-state index contributed by atoms with van der Waals surface area (Å²) >= 11 is 5.93. The van der Waals surface area contributed by atoms with Gasteiger partial charge in [0.15, 0.2) is 0 Å². The number of nitrogens with one attached hydrogen (secondary N) is 1. The lowest BCUT2D eigenvalue weighted by atomic mass is 9.67. The molecular weight excluding hydrogens is 198 g/mol. The number of rotatable bonds is 2. The maximum Gasteiger partial charge on any atom is 0.208 e. The standard InChI is InChI=1S/C7H14ClNO2S/c1-7(2)5(8)4-6(7)9-12(3,10)11/h5-6,9H,4H2,1-3H3. The molecule has 0 heterocycles. The smallest absolute Gasteiger partial charge is 0.208 e. The Bertz CT molecular complexity index is 273. The van der Waals surface area contributed by atoms with Gasteiger partial charge in [-0.3, -0.25) is 0 Å². The minimum absolute atomic E-state index is 0.00463. The highest BCUT2D eigenvalue weighted by Gasteiger charge is 2.48. The van der Waals surface area contributed by atoms with Crippen molar-refractivity contribution < 1.29 is 8.42 Å². The molecule has 0 radical (unpaired) electrons. The molecule has 5 heteroatoms. The highest BCUT2D eigenvalue weighted by molar-refractivity contribution is 7.88. The fourth-order valence-corrected chi connectivity index (χ4v) is 2.58. The second-order valence-electron chi connectivity index (χ2n) is 3.97. The largest absolute Gasteiger partial charge is 0.213 e. The molecule has 1 rings (SSSR count). The molecule has 0 aliphatic heterocycles. The van der Waals surface area contributed by atoms with E-state index in [0.29, 0.717) is 0 Å². The van der Waals surface area contributed by atoms with Gasteiger partial charge >= 0.3 is 0 Å². The Kier molecular flexibility index (Phi) is 2.45. The molecule has 1 aliphatic rings. The van der Waals surface area contributed by atoms with Crippen LogP contribution in [0.2, 0.25) is 0 Å². The van der Waals surface area contributed by atoms with Gasteiger partial charge in [0.2, 0.25) is 10.0 Å². The summed E-state index contributed by atoms with van der Waals surface area (Å²) in [4.78, 5) is 0. The highest BCUT2D eigenvalue weighted by atomic mass is 35.5. The third kappa shape index (κ3) is 1.92. The lowest BCUT2D eigenvalue weighted by molar-refractivity contribution is 0.137. The van der Waals surface area contributed by atoms with E-state index >= 15 is 0 Å². The van der Waals surface area contributed by atoms with Crippen LogP contribution in [0.4, 0.5) is 0 Å². The average molecular weight is 212 g/mol. The van der Waals surface area contributed by atoms with Crippen molar-refractivity contribution in [2.24, 2.45) is 5.41 Å². The summed E-state index contributed by atoms with van der Waals surface area (Å²) in [6.07, 6.45) is 1.90. The van der Waals surface area contributed by atoms with Crippen LogP contribution in [0.3, 0.4) is 0 Å². The summed E-state index contributed by atoms with van der Waals surface area (Å²) in [6.45, 7) is 3.94. The molecule has 2 atom stereocenters. The number of hydrogen-bond donors (Lipinski definition) is 1. The summed E-state index contributed by atoms with van der Waals surface area (Å²) in [7, 11) is -3.09. The molecule has 1 aliphatic carbocycles. The quantitative estimate of drug-likeness (QED) is 0.692. The SMILES string of the molecule is CC1(C)C(Cl)CC1NS(C)(=O)=O. The second-order valence-corrected chi connectivity index (χ2v) is 6.27. The zero-order valence-electron chi connectivity index (χ0n) is 7.46. The zero-order valence-corrected chi connectivity index (χ0v) is 9.04. The Morgan fingerprint density at radius 1 is 1.50 bits per heavy atom. The Labute approximate surface area is 78.5 Å². The maximum absolute atomic E-state index is 10.9. The van der Waals surface area contributed by atoms with Crippen molar-refractivity contribution in [1.82, 2.24) is 4.72 Å². The van der Waals surface area contributed by atoms with Gasteiger partial charge in [-0.15, -0.1) is 11.6 Å². The Morgan fingerprint density at radius 2 is 2.00 bits per heavy atom. The van der Waals surface area contributed by atoms with Crippen LogP contribution in [-0.4, -0.2) is 26.1 Å². The molecule has 0 amide bonds. The molecule has 1 N–H and O–H groups in total. The van der Waals surface area contributed by atoms with E-state index in [1.807, 2.05) is 13.8 Å². The normalized spacial score (nSPS) is 34.3. The highest BCUT2D eigenvalue weighted by Crippen LogP contribution is 2.44. The van der Waals surface area contributed by atoms with E-state index in [-0.39, 0.29) is 16.8 Å². The Morgan fingerprint density at radius 3 is 2.25 bits per heavy atom. The van der Waals surface area contributed by atoms with E-state index in [4.69, 9.17) is 11.6 Å². The van der Waals surface area contributed by atoms with E-state index in [1.165, 1.54) is 6.26 Å². The van der Waals surface area contributed by atoms with E-state index in [2.05, 4.69) is 4.72 Å². The number of halogens is 1. The first-order chi connectivity index (χ1) is 5.23. The van der Waals surface area contributed by atoms with Crippen LogP contribution in [0.15, 0.2) is 0 Å². The van der Waals surface area contributed by atoms with E-state index in [0.717, 1.165) is 6.42 Å². The first-order valence-corrected chi connectivity index (χ1v) is 6.17. The molecule has 12 heavy (non-hydrogen) atoms. The van der Waals surface area contributed by atoms with Crippen LogP contribution in [0.5, 0.6) is 0 Å². The van der Waals surface area contributed by atoms with Crippen LogP contribution in [0.25, 0.3) is 0 Å². The van der Waals surface area contributed by atoms with Gasteiger partial charge in [0.1, 0.15) is 0 Å². The molecule has 0 aromatic heterocycles. The van der Waals surface area contributed by atoms with Crippen molar-refractivity contribution in [2.75, 3.05) is 6.26 Å². The van der Waals surface area contributed by atoms with Gasteiger partial charge < -0.3 is 0 Å². The molecule has 0 spiro atoms. The fraction of sp³-hybridized carbons (Fsp3) is 1.00. The van der Waals surface area contributed by atoms with Gasteiger partial charge in [-0.05, 0) is 11.8 Å². The minimum Gasteiger partial charge on any atom is -0.213 e. The predicted molar refractivity (Wildman–Crippen MR) is 49.8 cm³/mol. The lowest BCUT2D eigenvalue weighted by Crippen LogP contribution is -2.58. The van der Waals surface area contributed by atoms with Gasteiger partial charge in [-0.2, -0.15) is 0 Å². The third-order valence-corrected chi connectivity index (χ3v) is 3.96. The van der Waals surface area contributed by atoms with E-state index in [9.17, 15) is 8.42 Å². The molecule has 1 saturated carbocycles. The summed E-state index contributed by atoms with van der Waals surface area (Å²) in [5, 5.41) is 0.0803. The van der Waals surface area contributed by atoms with Gasteiger partial charge in [0, 0.05) is 11.4 Å². The number of sulfonamides is 1. The molecule has 0 bridgehead atoms. The van der Waals surface area contributed by atoms with Crippen molar-refractivity contribution in [3.63, 3.8) is 0 Å². The average Bonchev–Trinajstić information content (AvgIpc) is 1.84. The molecule has 72 valence electrons. The topological polar surface area (TPSA) is 46.2 Å². The van der Waals surface area contributed by atoms with Crippen molar-refractivity contribution in [3.8, 4) is 0 Å².